The average Bonchev–Trinajstić information content (AvgIpc) is 2.92. The molecule has 1 aromatic carbocycles. The number of halogens is 2. The van der Waals surface area contributed by atoms with Gasteiger partial charge in [0.2, 0.25) is 0 Å². The molecule has 0 bridgehead atoms. The lowest BCUT2D eigenvalue weighted by atomic mass is 10.0. The van der Waals surface area contributed by atoms with E-state index in [9.17, 15) is 8.78 Å². The van der Waals surface area contributed by atoms with Crippen LogP contribution in [0.5, 0.6) is 0 Å². The van der Waals surface area contributed by atoms with Crippen molar-refractivity contribution in [2.75, 3.05) is 19.6 Å². The minimum atomic E-state index is -0.371. The summed E-state index contributed by atoms with van der Waals surface area (Å²) in [5.74, 6) is -0.690. The van der Waals surface area contributed by atoms with Crippen molar-refractivity contribution in [1.82, 2.24) is 10.2 Å². The van der Waals surface area contributed by atoms with Crippen molar-refractivity contribution >= 4 is 0 Å². The lowest BCUT2D eigenvalue weighted by molar-refractivity contribution is 0.150. The maximum absolute atomic E-state index is 13.9. The van der Waals surface area contributed by atoms with Crippen LogP contribution in [0.4, 0.5) is 8.78 Å². The van der Waals surface area contributed by atoms with Gasteiger partial charge in [-0.05, 0) is 51.1 Å². The van der Waals surface area contributed by atoms with Crippen LogP contribution in [0.25, 0.3) is 0 Å². The molecule has 0 saturated carbocycles. The molecule has 1 N–H and O–H groups in total. The van der Waals surface area contributed by atoms with Gasteiger partial charge in [-0.15, -0.1) is 0 Å². The number of nitrogens with one attached hydrogen (secondary N) is 1. The second kappa shape index (κ2) is 6.44. The summed E-state index contributed by atoms with van der Waals surface area (Å²) < 4.78 is 27.2. The van der Waals surface area contributed by atoms with Crippen LogP contribution >= 0.6 is 0 Å². The normalized spacial score (nSPS) is 21.0. The van der Waals surface area contributed by atoms with Crippen LogP contribution < -0.4 is 5.32 Å². The van der Waals surface area contributed by atoms with Gasteiger partial charge in [0.1, 0.15) is 11.6 Å². The highest BCUT2D eigenvalue weighted by atomic mass is 19.1. The molecule has 1 fully saturated rings. The number of nitrogens with zero attached hydrogens (tertiary/aromatic N) is 1. The van der Waals surface area contributed by atoms with Gasteiger partial charge in [0, 0.05) is 24.2 Å². The first-order chi connectivity index (χ1) is 9.13. The minimum absolute atomic E-state index is 0.0967. The molecule has 1 aliphatic rings. The van der Waals surface area contributed by atoms with E-state index in [0.29, 0.717) is 11.6 Å². The Balaban J connectivity index is 2.22. The van der Waals surface area contributed by atoms with Crippen LogP contribution in [-0.2, 0) is 0 Å². The first-order valence-corrected chi connectivity index (χ1v) is 7.05. The summed E-state index contributed by atoms with van der Waals surface area (Å²) in [6.07, 6.45) is 2.08. The lowest BCUT2D eigenvalue weighted by Gasteiger charge is -2.34. The maximum atomic E-state index is 13.9. The molecule has 1 saturated heterocycles. The summed E-state index contributed by atoms with van der Waals surface area (Å²) in [5, 5.41) is 3.33. The number of hydrogen-bond donors (Lipinski definition) is 1. The lowest BCUT2D eigenvalue weighted by Crippen LogP contribution is -2.39. The Labute approximate surface area is 113 Å². The van der Waals surface area contributed by atoms with Gasteiger partial charge in [-0.25, -0.2) is 8.78 Å². The van der Waals surface area contributed by atoms with E-state index < -0.39 is 0 Å². The van der Waals surface area contributed by atoms with Crippen molar-refractivity contribution in [3.8, 4) is 0 Å². The monoisotopic (exact) mass is 268 g/mol. The largest absolute Gasteiger partial charge is 0.315 e. The highest BCUT2D eigenvalue weighted by Gasteiger charge is 2.27. The molecule has 0 amide bonds. The fourth-order valence-corrected chi connectivity index (χ4v) is 2.89. The topological polar surface area (TPSA) is 15.3 Å². The standard InChI is InChI=1S/C15H22F2N2/c1-3-8-19(13-6-7-18-10-13)11(2)14-9-12(16)4-5-15(14)17/h4-5,9,11,13,18H,3,6-8,10H2,1-2H3. The molecule has 2 atom stereocenters. The SMILES string of the molecule is CCCN(C1CCNC1)C(C)c1cc(F)ccc1F. The van der Waals surface area contributed by atoms with E-state index in [1.807, 2.05) is 6.92 Å². The number of hydrogen-bond acceptors (Lipinski definition) is 2. The van der Waals surface area contributed by atoms with Crippen molar-refractivity contribution in [3.05, 3.63) is 35.4 Å². The second-order valence-electron chi connectivity index (χ2n) is 5.23. The Morgan fingerprint density at radius 3 is 2.84 bits per heavy atom. The third-order valence-corrected chi connectivity index (χ3v) is 3.89. The fourth-order valence-electron chi connectivity index (χ4n) is 2.89. The third-order valence-electron chi connectivity index (χ3n) is 3.89. The van der Waals surface area contributed by atoms with E-state index in [-0.39, 0.29) is 17.7 Å². The van der Waals surface area contributed by atoms with Gasteiger partial charge in [0.25, 0.3) is 0 Å². The molecule has 4 heteroatoms. The molecule has 2 rings (SSSR count). The Hall–Kier alpha value is -1.00. The van der Waals surface area contributed by atoms with Gasteiger partial charge < -0.3 is 5.32 Å². The van der Waals surface area contributed by atoms with Crippen molar-refractivity contribution in [1.29, 1.82) is 0 Å². The molecular weight excluding hydrogens is 246 g/mol. The number of rotatable bonds is 5. The molecule has 0 spiro atoms. The molecule has 2 nitrogen and oxygen atoms in total. The first kappa shape index (κ1) is 14.4. The Bertz CT molecular complexity index is 417. The summed E-state index contributed by atoms with van der Waals surface area (Å²) >= 11 is 0. The Morgan fingerprint density at radius 2 is 2.21 bits per heavy atom. The predicted octanol–water partition coefficient (Wildman–Crippen LogP) is 3.10. The van der Waals surface area contributed by atoms with Crippen LogP contribution in [0.3, 0.4) is 0 Å². The van der Waals surface area contributed by atoms with Gasteiger partial charge in [-0.3, -0.25) is 4.90 Å². The van der Waals surface area contributed by atoms with Gasteiger partial charge in [0.05, 0.1) is 0 Å². The van der Waals surface area contributed by atoms with E-state index in [1.165, 1.54) is 18.2 Å². The highest BCUT2D eigenvalue weighted by molar-refractivity contribution is 5.22. The van der Waals surface area contributed by atoms with Gasteiger partial charge in [-0.2, -0.15) is 0 Å². The smallest absolute Gasteiger partial charge is 0.128 e. The van der Waals surface area contributed by atoms with E-state index >= 15 is 0 Å². The summed E-state index contributed by atoms with van der Waals surface area (Å²) in [6, 6.07) is 4.04. The van der Waals surface area contributed by atoms with Crippen LogP contribution in [0.2, 0.25) is 0 Å². The Kier molecular flexibility index (Phi) is 4.88. The predicted molar refractivity (Wildman–Crippen MR) is 73.0 cm³/mol. The first-order valence-electron chi connectivity index (χ1n) is 7.05. The van der Waals surface area contributed by atoms with Crippen LogP contribution in [-0.4, -0.2) is 30.6 Å². The summed E-state index contributed by atoms with van der Waals surface area (Å²) in [7, 11) is 0. The molecular formula is C15H22F2N2. The second-order valence-corrected chi connectivity index (χ2v) is 5.23. The number of benzene rings is 1. The summed E-state index contributed by atoms with van der Waals surface area (Å²) in [5.41, 5.74) is 0.459. The highest BCUT2D eigenvalue weighted by Crippen LogP contribution is 2.27. The molecule has 0 aromatic heterocycles. The average molecular weight is 268 g/mol. The molecule has 0 aliphatic carbocycles. The minimum Gasteiger partial charge on any atom is -0.315 e. The Morgan fingerprint density at radius 1 is 1.42 bits per heavy atom. The van der Waals surface area contributed by atoms with Crippen molar-refractivity contribution < 1.29 is 8.78 Å². The third kappa shape index (κ3) is 3.31. The van der Waals surface area contributed by atoms with E-state index in [1.54, 1.807) is 0 Å². The molecule has 1 heterocycles. The zero-order chi connectivity index (χ0) is 13.8. The van der Waals surface area contributed by atoms with Gasteiger partial charge in [-0.1, -0.05) is 6.92 Å². The van der Waals surface area contributed by atoms with E-state index in [0.717, 1.165) is 32.5 Å². The van der Waals surface area contributed by atoms with Crippen LogP contribution in [0.1, 0.15) is 38.3 Å². The molecule has 2 unspecified atom stereocenters. The van der Waals surface area contributed by atoms with Gasteiger partial charge in [0.15, 0.2) is 0 Å². The van der Waals surface area contributed by atoms with Gasteiger partial charge >= 0.3 is 0 Å². The van der Waals surface area contributed by atoms with Crippen LogP contribution in [0, 0.1) is 11.6 Å². The fraction of sp³-hybridized carbons (Fsp3) is 0.600. The van der Waals surface area contributed by atoms with Crippen molar-refractivity contribution in [2.45, 2.75) is 38.8 Å². The molecule has 19 heavy (non-hydrogen) atoms. The molecule has 106 valence electrons. The molecule has 0 radical (unpaired) electrons. The zero-order valence-corrected chi connectivity index (χ0v) is 11.6. The maximum Gasteiger partial charge on any atom is 0.128 e. The molecule has 1 aliphatic heterocycles. The summed E-state index contributed by atoms with van der Waals surface area (Å²) in [4.78, 5) is 2.29. The molecule has 1 aromatic rings. The quantitative estimate of drug-likeness (QED) is 0.882. The van der Waals surface area contributed by atoms with Crippen LogP contribution in [0.15, 0.2) is 18.2 Å². The van der Waals surface area contributed by atoms with E-state index in [2.05, 4.69) is 17.1 Å². The van der Waals surface area contributed by atoms with E-state index in [4.69, 9.17) is 0 Å². The van der Waals surface area contributed by atoms with Crippen molar-refractivity contribution in [3.63, 3.8) is 0 Å². The van der Waals surface area contributed by atoms with Crippen molar-refractivity contribution in [2.24, 2.45) is 0 Å². The summed E-state index contributed by atoms with van der Waals surface area (Å²) in [6.45, 7) is 6.92. The zero-order valence-electron chi connectivity index (χ0n) is 11.6.